The summed E-state index contributed by atoms with van der Waals surface area (Å²) in [7, 11) is 0. The first-order chi connectivity index (χ1) is 9.47. The van der Waals surface area contributed by atoms with E-state index in [1.165, 1.54) is 30.0 Å². The first kappa shape index (κ1) is 15.4. The number of nitro groups is 1. The quantitative estimate of drug-likeness (QED) is 0.395. The van der Waals surface area contributed by atoms with Crippen LogP contribution in [0.25, 0.3) is 0 Å². The third-order valence-corrected chi connectivity index (χ3v) is 4.67. The summed E-state index contributed by atoms with van der Waals surface area (Å²) in [5.41, 5.74) is 0.698. The van der Waals surface area contributed by atoms with Crippen LogP contribution < -0.4 is 0 Å². The average Bonchev–Trinajstić information content (AvgIpc) is 2.41. The van der Waals surface area contributed by atoms with Crippen LogP contribution in [0.2, 0.25) is 15.1 Å². The van der Waals surface area contributed by atoms with Crippen molar-refractivity contribution >= 4 is 52.3 Å². The molecule has 0 saturated heterocycles. The van der Waals surface area contributed by atoms with Crippen LogP contribution in [-0.4, -0.2) is 4.92 Å². The summed E-state index contributed by atoms with van der Waals surface area (Å²) in [4.78, 5) is 11.1. The van der Waals surface area contributed by atoms with E-state index in [-0.39, 0.29) is 5.69 Å². The third-order valence-electron chi connectivity index (χ3n) is 2.52. The highest BCUT2D eigenvalue weighted by Gasteiger charge is 2.11. The maximum absolute atomic E-state index is 10.8. The van der Waals surface area contributed by atoms with Gasteiger partial charge < -0.3 is 0 Å². The highest BCUT2D eigenvalue weighted by Crippen LogP contribution is 2.34. The van der Waals surface area contributed by atoms with Gasteiger partial charge in [-0.05, 0) is 29.8 Å². The molecule has 7 heteroatoms. The van der Waals surface area contributed by atoms with Gasteiger partial charge in [0, 0.05) is 32.8 Å². The number of non-ortho nitro benzene ring substituents is 1. The highest BCUT2D eigenvalue weighted by atomic mass is 35.5. The predicted octanol–water partition coefficient (Wildman–Crippen LogP) is 5.85. The molecule has 2 aromatic carbocycles. The topological polar surface area (TPSA) is 43.1 Å². The van der Waals surface area contributed by atoms with E-state index in [4.69, 9.17) is 34.8 Å². The molecule has 0 unspecified atom stereocenters. The SMILES string of the molecule is O=[N+]([O-])c1ccc(Cl)c(CSc2cc(Cl)ccc2Cl)c1. The Balaban J connectivity index is 2.20. The maximum atomic E-state index is 10.8. The standard InChI is InChI=1S/C13H8Cl3NO2S/c14-9-1-3-12(16)13(6-9)20-7-8-5-10(17(18)19)2-4-11(8)15/h1-6H,7H2. The van der Waals surface area contributed by atoms with E-state index in [0.717, 1.165) is 4.90 Å². The largest absolute Gasteiger partial charge is 0.269 e. The van der Waals surface area contributed by atoms with Crippen molar-refractivity contribution in [3.8, 4) is 0 Å². The Morgan fingerprint density at radius 2 is 1.75 bits per heavy atom. The van der Waals surface area contributed by atoms with Gasteiger partial charge in [0.2, 0.25) is 0 Å². The summed E-state index contributed by atoms with van der Waals surface area (Å²) in [6, 6.07) is 9.53. The van der Waals surface area contributed by atoms with Gasteiger partial charge >= 0.3 is 0 Å². The fraction of sp³-hybridized carbons (Fsp3) is 0.0769. The molecule has 0 saturated carbocycles. The van der Waals surface area contributed by atoms with E-state index in [0.29, 0.717) is 26.4 Å². The van der Waals surface area contributed by atoms with Gasteiger partial charge in [0.1, 0.15) is 0 Å². The van der Waals surface area contributed by atoms with Crippen LogP contribution in [0.1, 0.15) is 5.56 Å². The molecule has 104 valence electrons. The van der Waals surface area contributed by atoms with E-state index in [1.807, 2.05) is 0 Å². The fourth-order valence-electron chi connectivity index (χ4n) is 1.53. The van der Waals surface area contributed by atoms with Crippen LogP contribution in [0.15, 0.2) is 41.3 Å². The Labute approximate surface area is 135 Å². The van der Waals surface area contributed by atoms with Crippen molar-refractivity contribution in [1.82, 2.24) is 0 Å². The zero-order valence-electron chi connectivity index (χ0n) is 9.98. The minimum atomic E-state index is -0.448. The molecule has 2 aromatic rings. The zero-order valence-corrected chi connectivity index (χ0v) is 13.1. The van der Waals surface area contributed by atoms with Gasteiger partial charge in [-0.15, -0.1) is 11.8 Å². The Morgan fingerprint density at radius 1 is 1.05 bits per heavy atom. The van der Waals surface area contributed by atoms with Gasteiger partial charge in [0.15, 0.2) is 0 Å². The molecule has 20 heavy (non-hydrogen) atoms. The molecule has 0 aliphatic carbocycles. The molecule has 0 aromatic heterocycles. The number of rotatable bonds is 4. The fourth-order valence-corrected chi connectivity index (χ4v) is 3.28. The average molecular weight is 349 g/mol. The molecular formula is C13H8Cl3NO2S. The number of benzene rings is 2. The van der Waals surface area contributed by atoms with E-state index in [1.54, 1.807) is 18.2 Å². The number of nitrogens with zero attached hydrogens (tertiary/aromatic N) is 1. The third kappa shape index (κ3) is 3.79. The summed E-state index contributed by atoms with van der Waals surface area (Å²) in [5.74, 6) is 0.473. The lowest BCUT2D eigenvalue weighted by molar-refractivity contribution is -0.384. The van der Waals surface area contributed by atoms with Gasteiger partial charge in [0.25, 0.3) is 5.69 Å². The van der Waals surface area contributed by atoms with Crippen molar-refractivity contribution < 1.29 is 4.92 Å². The minimum Gasteiger partial charge on any atom is -0.258 e. The van der Waals surface area contributed by atoms with E-state index < -0.39 is 4.92 Å². The summed E-state index contributed by atoms with van der Waals surface area (Å²) in [5, 5.41) is 12.4. The van der Waals surface area contributed by atoms with Crippen LogP contribution in [0.3, 0.4) is 0 Å². The van der Waals surface area contributed by atoms with E-state index >= 15 is 0 Å². The molecule has 0 radical (unpaired) electrons. The summed E-state index contributed by atoms with van der Waals surface area (Å²) in [6.07, 6.45) is 0. The van der Waals surface area contributed by atoms with Gasteiger partial charge in [0.05, 0.1) is 9.95 Å². The van der Waals surface area contributed by atoms with Gasteiger partial charge in [-0.3, -0.25) is 10.1 Å². The molecule has 0 aliphatic heterocycles. The smallest absolute Gasteiger partial charge is 0.258 e. The van der Waals surface area contributed by atoms with Crippen molar-refractivity contribution in [3.63, 3.8) is 0 Å². The van der Waals surface area contributed by atoms with Crippen LogP contribution >= 0.6 is 46.6 Å². The maximum Gasteiger partial charge on any atom is 0.269 e. The Morgan fingerprint density at radius 3 is 2.45 bits per heavy atom. The van der Waals surface area contributed by atoms with Crippen LogP contribution in [0, 0.1) is 10.1 Å². The van der Waals surface area contributed by atoms with Crippen molar-refractivity contribution in [1.29, 1.82) is 0 Å². The van der Waals surface area contributed by atoms with Crippen LogP contribution in [0.4, 0.5) is 5.69 Å². The van der Waals surface area contributed by atoms with Crippen LogP contribution in [-0.2, 0) is 5.75 Å². The minimum absolute atomic E-state index is 0.0159. The lowest BCUT2D eigenvalue weighted by Crippen LogP contribution is -1.91. The first-order valence-corrected chi connectivity index (χ1v) is 7.60. The molecule has 0 N–H and O–H groups in total. The van der Waals surface area contributed by atoms with Crippen molar-refractivity contribution in [3.05, 3.63) is 67.1 Å². The van der Waals surface area contributed by atoms with Crippen molar-refractivity contribution in [2.45, 2.75) is 10.6 Å². The van der Waals surface area contributed by atoms with Gasteiger partial charge in [-0.2, -0.15) is 0 Å². The molecular weight excluding hydrogens is 341 g/mol. The van der Waals surface area contributed by atoms with Crippen molar-refractivity contribution in [2.24, 2.45) is 0 Å². The van der Waals surface area contributed by atoms with E-state index in [2.05, 4.69) is 0 Å². The first-order valence-electron chi connectivity index (χ1n) is 5.48. The molecule has 0 bridgehead atoms. The number of hydrogen-bond donors (Lipinski definition) is 0. The number of thioether (sulfide) groups is 1. The molecule has 0 heterocycles. The zero-order chi connectivity index (χ0) is 14.7. The molecule has 3 nitrogen and oxygen atoms in total. The number of halogens is 3. The summed E-state index contributed by atoms with van der Waals surface area (Å²) in [6.45, 7) is 0. The van der Waals surface area contributed by atoms with Gasteiger partial charge in [-0.25, -0.2) is 0 Å². The molecule has 2 rings (SSSR count). The second-order valence-electron chi connectivity index (χ2n) is 3.90. The molecule has 0 aliphatic rings. The summed E-state index contributed by atoms with van der Waals surface area (Å²) < 4.78 is 0. The monoisotopic (exact) mass is 347 g/mol. The Hall–Kier alpha value is -0.940. The second kappa shape index (κ2) is 6.68. The van der Waals surface area contributed by atoms with Gasteiger partial charge in [-0.1, -0.05) is 34.8 Å². The number of nitro benzene ring substituents is 1. The van der Waals surface area contributed by atoms with Crippen molar-refractivity contribution in [2.75, 3.05) is 0 Å². The normalized spacial score (nSPS) is 10.6. The molecule has 0 atom stereocenters. The highest BCUT2D eigenvalue weighted by molar-refractivity contribution is 7.98. The lowest BCUT2D eigenvalue weighted by atomic mass is 10.2. The molecule has 0 amide bonds. The number of hydrogen-bond acceptors (Lipinski definition) is 3. The second-order valence-corrected chi connectivity index (χ2v) is 6.16. The molecule has 0 fully saturated rings. The predicted molar refractivity (Wildman–Crippen MR) is 84.1 cm³/mol. The Kier molecular flexibility index (Phi) is 5.16. The Bertz CT molecular complexity index is 664. The molecule has 0 spiro atoms. The summed E-state index contributed by atoms with van der Waals surface area (Å²) >= 11 is 19.4. The lowest BCUT2D eigenvalue weighted by Gasteiger charge is -2.06. The van der Waals surface area contributed by atoms with Crippen LogP contribution in [0.5, 0.6) is 0 Å². The van der Waals surface area contributed by atoms with E-state index in [9.17, 15) is 10.1 Å².